The van der Waals surface area contributed by atoms with Crippen molar-refractivity contribution in [1.82, 2.24) is 29.9 Å². The van der Waals surface area contributed by atoms with E-state index in [0.717, 1.165) is 27.9 Å². The van der Waals surface area contributed by atoms with E-state index in [2.05, 4.69) is 26.7 Å². The van der Waals surface area contributed by atoms with Crippen LogP contribution in [0.25, 0.3) is 22.0 Å². The fourth-order valence-corrected chi connectivity index (χ4v) is 3.35. The maximum Gasteiger partial charge on any atom is 0.251 e. The average molecular weight is 404 g/mol. The number of ether oxygens (including phenoxy) is 1. The third-order valence-corrected chi connectivity index (χ3v) is 4.98. The SMILES string of the molecule is COCCn1cnnc1CCNC(=O)c1ccc2cc(-c3ccn(C)n3)ccc2c1. The molecule has 8 heteroatoms. The van der Waals surface area contributed by atoms with Crippen LogP contribution in [0.3, 0.4) is 0 Å². The minimum absolute atomic E-state index is 0.103. The van der Waals surface area contributed by atoms with Crippen LogP contribution in [-0.2, 0) is 24.8 Å². The van der Waals surface area contributed by atoms with Crippen LogP contribution < -0.4 is 5.32 Å². The molecular weight excluding hydrogens is 380 g/mol. The summed E-state index contributed by atoms with van der Waals surface area (Å²) in [6.45, 7) is 1.77. The molecule has 0 saturated carbocycles. The molecule has 2 aromatic carbocycles. The van der Waals surface area contributed by atoms with Gasteiger partial charge in [-0.1, -0.05) is 18.2 Å². The molecule has 4 aromatic rings. The average Bonchev–Trinajstić information content (AvgIpc) is 3.40. The van der Waals surface area contributed by atoms with Gasteiger partial charge in [0.15, 0.2) is 0 Å². The van der Waals surface area contributed by atoms with E-state index in [4.69, 9.17) is 4.74 Å². The molecule has 0 spiro atoms. The van der Waals surface area contributed by atoms with Gasteiger partial charge in [-0.3, -0.25) is 9.48 Å². The number of carbonyl (C=O) groups is 1. The zero-order valence-corrected chi connectivity index (χ0v) is 17.1. The van der Waals surface area contributed by atoms with Crippen LogP contribution in [0.5, 0.6) is 0 Å². The van der Waals surface area contributed by atoms with Crippen molar-refractivity contribution in [2.45, 2.75) is 13.0 Å². The minimum Gasteiger partial charge on any atom is -0.383 e. The van der Waals surface area contributed by atoms with Crippen molar-refractivity contribution >= 4 is 16.7 Å². The van der Waals surface area contributed by atoms with Crippen molar-refractivity contribution in [1.29, 1.82) is 0 Å². The van der Waals surface area contributed by atoms with Crippen LogP contribution >= 0.6 is 0 Å². The number of benzene rings is 2. The number of amides is 1. The van der Waals surface area contributed by atoms with Gasteiger partial charge in [0.05, 0.1) is 12.3 Å². The van der Waals surface area contributed by atoms with Crippen molar-refractivity contribution < 1.29 is 9.53 Å². The molecule has 0 bridgehead atoms. The standard InChI is InChI=1S/C22H24N6O2/c1-27-10-8-20(26-27)18-5-3-17-14-19(6-4-16(17)13-18)22(29)23-9-7-21-25-24-15-28(21)11-12-30-2/h3-6,8,10,13-15H,7,9,11-12H2,1-2H3,(H,23,29). The summed E-state index contributed by atoms with van der Waals surface area (Å²) in [5, 5.41) is 17.5. The molecule has 2 aromatic heterocycles. The molecule has 30 heavy (non-hydrogen) atoms. The van der Waals surface area contributed by atoms with Crippen LogP contribution in [0.4, 0.5) is 0 Å². The Hall–Kier alpha value is -3.52. The Labute approximate surface area is 174 Å². The van der Waals surface area contributed by atoms with E-state index in [0.29, 0.717) is 31.7 Å². The zero-order chi connectivity index (χ0) is 20.9. The summed E-state index contributed by atoms with van der Waals surface area (Å²) in [5.74, 6) is 0.724. The lowest BCUT2D eigenvalue weighted by molar-refractivity contribution is 0.0954. The third kappa shape index (κ3) is 4.38. The van der Waals surface area contributed by atoms with Gasteiger partial charge in [0.2, 0.25) is 0 Å². The van der Waals surface area contributed by atoms with Gasteiger partial charge in [0, 0.05) is 51.0 Å². The predicted molar refractivity (Wildman–Crippen MR) is 114 cm³/mol. The number of hydrogen-bond acceptors (Lipinski definition) is 5. The number of aryl methyl sites for hydroxylation is 1. The first-order valence-corrected chi connectivity index (χ1v) is 9.82. The van der Waals surface area contributed by atoms with Crippen LogP contribution in [0, 0.1) is 0 Å². The van der Waals surface area contributed by atoms with E-state index >= 15 is 0 Å². The van der Waals surface area contributed by atoms with Gasteiger partial charge >= 0.3 is 0 Å². The quantitative estimate of drug-likeness (QED) is 0.487. The monoisotopic (exact) mass is 404 g/mol. The molecule has 0 atom stereocenters. The van der Waals surface area contributed by atoms with Gasteiger partial charge in [0.25, 0.3) is 5.91 Å². The van der Waals surface area contributed by atoms with Gasteiger partial charge in [0.1, 0.15) is 12.2 Å². The highest BCUT2D eigenvalue weighted by Gasteiger charge is 2.09. The summed E-state index contributed by atoms with van der Waals surface area (Å²) in [7, 11) is 3.56. The summed E-state index contributed by atoms with van der Waals surface area (Å²) in [6, 6.07) is 13.9. The lowest BCUT2D eigenvalue weighted by atomic mass is 10.0. The van der Waals surface area contributed by atoms with Crippen molar-refractivity contribution in [3.63, 3.8) is 0 Å². The highest BCUT2D eigenvalue weighted by Crippen LogP contribution is 2.24. The molecule has 8 nitrogen and oxygen atoms in total. The number of nitrogens with one attached hydrogen (secondary N) is 1. The molecular formula is C22H24N6O2. The fourth-order valence-electron chi connectivity index (χ4n) is 3.35. The third-order valence-electron chi connectivity index (χ3n) is 4.98. The van der Waals surface area contributed by atoms with Gasteiger partial charge in [-0.2, -0.15) is 5.10 Å². The second-order valence-corrected chi connectivity index (χ2v) is 7.09. The number of fused-ring (bicyclic) bond motifs is 1. The maximum atomic E-state index is 12.6. The van der Waals surface area contributed by atoms with Crippen LogP contribution in [0.1, 0.15) is 16.2 Å². The molecule has 0 aliphatic heterocycles. The first kappa shape index (κ1) is 19.8. The summed E-state index contributed by atoms with van der Waals surface area (Å²) in [6.07, 6.45) is 4.21. The topological polar surface area (TPSA) is 86.9 Å². The Morgan fingerprint density at radius 1 is 1.13 bits per heavy atom. The van der Waals surface area contributed by atoms with E-state index in [-0.39, 0.29) is 5.91 Å². The van der Waals surface area contributed by atoms with Gasteiger partial charge in [-0.25, -0.2) is 0 Å². The van der Waals surface area contributed by atoms with E-state index in [1.807, 2.05) is 54.2 Å². The van der Waals surface area contributed by atoms with Crippen molar-refractivity contribution in [3.05, 3.63) is 66.4 Å². The predicted octanol–water partition coefficient (Wildman–Crippen LogP) is 2.45. The molecule has 0 fully saturated rings. The van der Waals surface area contributed by atoms with E-state index in [1.54, 1.807) is 18.1 Å². The lowest BCUT2D eigenvalue weighted by Gasteiger charge is -2.08. The summed E-state index contributed by atoms with van der Waals surface area (Å²) in [5.41, 5.74) is 2.62. The number of hydrogen-bond donors (Lipinski definition) is 1. The number of rotatable bonds is 8. The Balaban J connectivity index is 1.40. The smallest absolute Gasteiger partial charge is 0.251 e. The Bertz CT molecular complexity index is 1160. The molecule has 2 heterocycles. The number of methoxy groups -OCH3 is 1. The normalized spacial score (nSPS) is 11.1. The first-order valence-electron chi connectivity index (χ1n) is 9.82. The fraction of sp³-hybridized carbons (Fsp3) is 0.273. The molecule has 4 rings (SSSR count). The highest BCUT2D eigenvalue weighted by molar-refractivity contribution is 5.99. The van der Waals surface area contributed by atoms with E-state index in [9.17, 15) is 4.79 Å². The number of nitrogens with zero attached hydrogens (tertiary/aromatic N) is 5. The largest absolute Gasteiger partial charge is 0.383 e. The first-order chi connectivity index (χ1) is 14.6. The zero-order valence-electron chi connectivity index (χ0n) is 17.1. The van der Waals surface area contributed by atoms with Gasteiger partial charge in [-0.15, -0.1) is 10.2 Å². The molecule has 1 amide bonds. The molecule has 154 valence electrons. The minimum atomic E-state index is -0.103. The summed E-state index contributed by atoms with van der Waals surface area (Å²) >= 11 is 0. The number of carbonyl (C=O) groups excluding carboxylic acids is 1. The van der Waals surface area contributed by atoms with Crippen molar-refractivity contribution in [3.8, 4) is 11.3 Å². The Morgan fingerprint density at radius 2 is 1.97 bits per heavy atom. The Morgan fingerprint density at radius 3 is 2.77 bits per heavy atom. The maximum absolute atomic E-state index is 12.6. The van der Waals surface area contributed by atoms with E-state index < -0.39 is 0 Å². The van der Waals surface area contributed by atoms with Crippen molar-refractivity contribution in [2.24, 2.45) is 7.05 Å². The summed E-state index contributed by atoms with van der Waals surface area (Å²) < 4.78 is 8.81. The molecule has 0 aliphatic rings. The van der Waals surface area contributed by atoms with Crippen LogP contribution in [0.2, 0.25) is 0 Å². The molecule has 0 saturated heterocycles. The van der Waals surface area contributed by atoms with Crippen molar-refractivity contribution in [2.75, 3.05) is 20.3 Å². The number of aromatic nitrogens is 5. The lowest BCUT2D eigenvalue weighted by Crippen LogP contribution is -2.26. The van der Waals surface area contributed by atoms with Crippen LogP contribution in [0.15, 0.2) is 55.0 Å². The second-order valence-electron chi connectivity index (χ2n) is 7.09. The molecule has 0 unspecified atom stereocenters. The highest BCUT2D eigenvalue weighted by atomic mass is 16.5. The second kappa shape index (κ2) is 8.87. The summed E-state index contributed by atoms with van der Waals surface area (Å²) in [4.78, 5) is 12.6. The molecule has 1 N–H and O–H groups in total. The van der Waals surface area contributed by atoms with E-state index in [1.165, 1.54) is 0 Å². The molecule has 0 radical (unpaired) electrons. The molecule has 0 aliphatic carbocycles. The van der Waals surface area contributed by atoms with Gasteiger partial charge in [-0.05, 0) is 35.0 Å². The van der Waals surface area contributed by atoms with Gasteiger partial charge < -0.3 is 14.6 Å². The Kier molecular flexibility index (Phi) is 5.85. The van der Waals surface area contributed by atoms with Crippen LogP contribution in [-0.4, -0.2) is 50.7 Å².